The van der Waals surface area contributed by atoms with E-state index in [1.54, 1.807) is 7.05 Å². The summed E-state index contributed by atoms with van der Waals surface area (Å²) >= 11 is 0. The van der Waals surface area contributed by atoms with Crippen molar-refractivity contribution < 1.29 is 9.53 Å². The molecule has 154 valence electrons. The molecule has 2 N–H and O–H groups in total. The summed E-state index contributed by atoms with van der Waals surface area (Å²) in [7, 11) is 1.69. The molecule has 0 saturated heterocycles. The quantitative estimate of drug-likeness (QED) is 0.845. The number of aliphatic imine (C=N–C) groups is 1. The van der Waals surface area contributed by atoms with Crippen LogP contribution >= 0.6 is 0 Å². The van der Waals surface area contributed by atoms with Gasteiger partial charge in [-0.15, -0.1) is 0 Å². The molecular formula is C25H27N3O2. The van der Waals surface area contributed by atoms with Crippen LogP contribution in [0.5, 0.6) is 5.75 Å². The zero-order chi connectivity index (χ0) is 20.9. The number of allylic oxidation sites excluding steroid dienone is 1. The summed E-state index contributed by atoms with van der Waals surface area (Å²) in [4.78, 5) is 19.6. The lowest BCUT2D eigenvalue weighted by Crippen LogP contribution is -2.51. The number of hydrogen-bond acceptors (Lipinski definition) is 4. The first kappa shape index (κ1) is 18.9. The number of hydrogen-bond donors (Lipinski definition) is 1. The summed E-state index contributed by atoms with van der Waals surface area (Å²) in [5.74, 6) is 1.57. The van der Waals surface area contributed by atoms with Crippen LogP contribution in [0.4, 0.5) is 0 Å². The standard InChI is InChI=1S/C25H27N3O2/c1-24(15-19-6-4-3-5-7-19)16-25(22(29)28(2)23(26)27-25)20-14-18(11-10-17-8-9-17)12-13-21(20)30-24/h3-7,10-14,17H,8-9,15-16H2,1-2H3,(H2,26,27)/b11-10+/t24-,25?/m1/s1. The first-order valence-corrected chi connectivity index (χ1v) is 10.6. The molecule has 1 fully saturated rings. The van der Waals surface area contributed by atoms with Crippen LogP contribution in [0.15, 0.2) is 59.6 Å². The Hall–Kier alpha value is -3.08. The Labute approximate surface area is 177 Å². The van der Waals surface area contributed by atoms with E-state index in [4.69, 9.17) is 15.5 Å². The van der Waals surface area contributed by atoms with Crippen molar-refractivity contribution in [3.8, 4) is 5.75 Å². The second-order valence-electron chi connectivity index (χ2n) is 9.04. The molecule has 2 aliphatic heterocycles. The van der Waals surface area contributed by atoms with Gasteiger partial charge in [0.2, 0.25) is 0 Å². The third-order valence-electron chi connectivity index (χ3n) is 6.35. The lowest BCUT2D eigenvalue weighted by molar-refractivity contribution is -0.133. The molecule has 2 atom stereocenters. The number of rotatable bonds is 4. The molecule has 5 heteroatoms. The smallest absolute Gasteiger partial charge is 0.261 e. The Kier molecular flexibility index (Phi) is 4.24. The Bertz CT molecular complexity index is 1060. The van der Waals surface area contributed by atoms with Crippen LogP contribution in [-0.4, -0.2) is 29.4 Å². The third-order valence-corrected chi connectivity index (χ3v) is 6.35. The summed E-state index contributed by atoms with van der Waals surface area (Å²) in [6.07, 6.45) is 8.04. The molecule has 2 aromatic rings. The molecule has 1 amide bonds. The minimum atomic E-state index is -1.04. The van der Waals surface area contributed by atoms with E-state index in [-0.39, 0.29) is 11.9 Å². The van der Waals surface area contributed by atoms with Crippen LogP contribution < -0.4 is 10.5 Å². The molecule has 1 aliphatic carbocycles. The number of nitrogens with two attached hydrogens (primary N) is 1. The molecule has 5 rings (SSSR count). The number of amides is 1. The SMILES string of the molecule is CN1C(=O)C2(C[C@@](C)(Cc3ccccc3)Oc3ccc(/C=C/C4CC4)cc32)N=C1N. The predicted molar refractivity (Wildman–Crippen MR) is 118 cm³/mol. The Morgan fingerprint density at radius 3 is 2.67 bits per heavy atom. The van der Waals surface area contributed by atoms with Crippen molar-refractivity contribution >= 4 is 17.9 Å². The lowest BCUT2D eigenvalue weighted by atomic mass is 9.74. The number of likely N-dealkylation sites (N-methyl/N-ethyl adjacent to an activating group) is 1. The summed E-state index contributed by atoms with van der Waals surface area (Å²) in [5.41, 5.74) is 7.53. The number of carbonyl (C=O) groups excluding carboxylic acids is 1. The van der Waals surface area contributed by atoms with Gasteiger partial charge >= 0.3 is 0 Å². The van der Waals surface area contributed by atoms with E-state index in [0.29, 0.717) is 24.5 Å². The average Bonchev–Trinajstić information content (AvgIpc) is 3.53. The van der Waals surface area contributed by atoms with Gasteiger partial charge in [-0.25, -0.2) is 4.99 Å². The van der Waals surface area contributed by atoms with E-state index in [1.165, 1.54) is 23.3 Å². The van der Waals surface area contributed by atoms with Crippen molar-refractivity contribution in [1.82, 2.24) is 4.90 Å². The van der Waals surface area contributed by atoms with Gasteiger partial charge in [0.1, 0.15) is 11.4 Å². The van der Waals surface area contributed by atoms with E-state index in [0.717, 1.165) is 11.1 Å². The molecular weight excluding hydrogens is 374 g/mol. The van der Waals surface area contributed by atoms with Gasteiger partial charge in [0, 0.05) is 25.5 Å². The van der Waals surface area contributed by atoms with Gasteiger partial charge in [-0.1, -0.05) is 48.6 Å². The largest absolute Gasteiger partial charge is 0.487 e. The Morgan fingerprint density at radius 2 is 2.00 bits per heavy atom. The van der Waals surface area contributed by atoms with Crippen LogP contribution in [0.2, 0.25) is 0 Å². The van der Waals surface area contributed by atoms with Crippen molar-refractivity contribution in [2.45, 2.75) is 43.7 Å². The predicted octanol–water partition coefficient (Wildman–Crippen LogP) is 3.88. The van der Waals surface area contributed by atoms with E-state index in [9.17, 15) is 4.79 Å². The van der Waals surface area contributed by atoms with Crippen LogP contribution in [-0.2, 0) is 16.8 Å². The first-order chi connectivity index (χ1) is 14.4. The molecule has 0 radical (unpaired) electrons. The molecule has 2 aromatic carbocycles. The van der Waals surface area contributed by atoms with Gasteiger partial charge in [-0.05, 0) is 48.9 Å². The number of ether oxygens (including phenoxy) is 1. The highest BCUT2D eigenvalue weighted by Gasteiger charge is 2.56. The highest BCUT2D eigenvalue weighted by atomic mass is 16.5. The van der Waals surface area contributed by atoms with Crippen molar-refractivity contribution in [3.63, 3.8) is 0 Å². The third kappa shape index (κ3) is 3.18. The average molecular weight is 402 g/mol. The molecule has 1 unspecified atom stereocenters. The zero-order valence-corrected chi connectivity index (χ0v) is 17.5. The fourth-order valence-electron chi connectivity index (χ4n) is 4.65. The van der Waals surface area contributed by atoms with Gasteiger partial charge in [0.05, 0.1) is 0 Å². The lowest BCUT2D eigenvalue weighted by Gasteiger charge is -2.43. The monoisotopic (exact) mass is 401 g/mol. The topological polar surface area (TPSA) is 67.9 Å². The van der Waals surface area contributed by atoms with Gasteiger partial charge in [0.25, 0.3) is 5.91 Å². The highest BCUT2D eigenvalue weighted by Crippen LogP contribution is 2.50. The second-order valence-corrected chi connectivity index (χ2v) is 9.04. The molecule has 1 spiro atoms. The maximum Gasteiger partial charge on any atom is 0.261 e. The van der Waals surface area contributed by atoms with Crippen molar-refractivity contribution in [2.75, 3.05) is 7.05 Å². The van der Waals surface area contributed by atoms with Crippen molar-refractivity contribution in [2.24, 2.45) is 16.6 Å². The normalized spacial score (nSPS) is 28.0. The van der Waals surface area contributed by atoms with Crippen molar-refractivity contribution in [3.05, 3.63) is 71.3 Å². The van der Waals surface area contributed by atoms with Gasteiger partial charge in [-0.2, -0.15) is 0 Å². The van der Waals surface area contributed by atoms with Crippen LogP contribution in [0.3, 0.4) is 0 Å². The van der Waals surface area contributed by atoms with Crippen LogP contribution in [0.25, 0.3) is 6.08 Å². The number of carbonyl (C=O) groups is 1. The van der Waals surface area contributed by atoms with E-state index in [1.807, 2.05) is 30.3 Å². The first-order valence-electron chi connectivity index (χ1n) is 10.6. The summed E-state index contributed by atoms with van der Waals surface area (Å²) < 4.78 is 6.52. The summed E-state index contributed by atoms with van der Waals surface area (Å²) in [6.45, 7) is 2.06. The number of guanidine groups is 1. The molecule has 2 heterocycles. The molecule has 3 aliphatic rings. The van der Waals surface area contributed by atoms with E-state index >= 15 is 0 Å². The molecule has 5 nitrogen and oxygen atoms in total. The number of nitrogens with zero attached hydrogens (tertiary/aromatic N) is 2. The highest BCUT2D eigenvalue weighted by molar-refractivity contribution is 6.07. The minimum absolute atomic E-state index is 0.0906. The van der Waals surface area contributed by atoms with Gasteiger partial charge in [0.15, 0.2) is 11.5 Å². The Morgan fingerprint density at radius 1 is 1.23 bits per heavy atom. The molecule has 30 heavy (non-hydrogen) atoms. The molecule has 1 saturated carbocycles. The fourth-order valence-corrected chi connectivity index (χ4v) is 4.65. The van der Waals surface area contributed by atoms with E-state index < -0.39 is 11.1 Å². The number of benzene rings is 2. The summed E-state index contributed by atoms with van der Waals surface area (Å²) in [5, 5.41) is 0. The minimum Gasteiger partial charge on any atom is -0.487 e. The maximum atomic E-state index is 13.4. The van der Waals surface area contributed by atoms with Gasteiger partial charge in [-0.3, -0.25) is 9.69 Å². The van der Waals surface area contributed by atoms with Crippen LogP contribution in [0.1, 0.15) is 42.9 Å². The molecule has 0 bridgehead atoms. The maximum absolute atomic E-state index is 13.4. The van der Waals surface area contributed by atoms with Gasteiger partial charge < -0.3 is 10.5 Å². The second kappa shape index (κ2) is 6.73. The fraction of sp³-hybridized carbons (Fsp3) is 0.360. The van der Waals surface area contributed by atoms with E-state index in [2.05, 4.69) is 37.3 Å². The van der Waals surface area contributed by atoms with Crippen LogP contribution in [0, 0.1) is 5.92 Å². The number of fused-ring (bicyclic) bond motifs is 2. The van der Waals surface area contributed by atoms with Crippen molar-refractivity contribution in [1.29, 1.82) is 0 Å². The zero-order valence-electron chi connectivity index (χ0n) is 17.5. The summed E-state index contributed by atoms with van der Waals surface area (Å²) in [6, 6.07) is 16.3. The molecule has 0 aromatic heterocycles. The Balaban J connectivity index is 1.59.